The zero-order valence-electron chi connectivity index (χ0n) is 10.8. The van der Waals surface area contributed by atoms with E-state index in [-0.39, 0.29) is 17.2 Å². The van der Waals surface area contributed by atoms with Gasteiger partial charge in [0.25, 0.3) is 0 Å². The van der Waals surface area contributed by atoms with E-state index >= 15 is 0 Å². The molecular formula is C11H13FN2O5S2. The van der Waals surface area contributed by atoms with Gasteiger partial charge >= 0.3 is 16.2 Å². The zero-order valence-corrected chi connectivity index (χ0v) is 12.4. The molecule has 2 rings (SSSR count). The Hall–Kier alpha value is -1.68. The Balaban J connectivity index is 2.31. The second-order valence-electron chi connectivity index (χ2n) is 4.54. The molecule has 1 heterocycles. The molecule has 21 heavy (non-hydrogen) atoms. The monoisotopic (exact) mass is 336 g/mol. The van der Waals surface area contributed by atoms with Crippen LogP contribution in [0.5, 0.6) is 0 Å². The summed E-state index contributed by atoms with van der Waals surface area (Å²) in [6.45, 7) is 0. The van der Waals surface area contributed by atoms with Crippen molar-refractivity contribution in [1.29, 1.82) is 0 Å². The highest BCUT2D eigenvalue weighted by Gasteiger charge is 2.21. The number of aromatic carboxylic acids is 1. The molecule has 1 saturated heterocycles. The molecule has 2 N–H and O–H groups in total. The molecule has 1 aromatic carbocycles. The molecule has 0 aromatic heterocycles. The molecule has 0 radical (unpaired) electrons. The first-order valence-electron chi connectivity index (χ1n) is 6.00. The lowest BCUT2D eigenvalue weighted by molar-refractivity contribution is 0.0692. The third-order valence-electron chi connectivity index (χ3n) is 2.85. The predicted octanol–water partition coefficient (Wildman–Crippen LogP) is 1.44. The molecular weight excluding hydrogens is 323 g/mol. The van der Waals surface area contributed by atoms with E-state index in [4.69, 9.17) is 5.11 Å². The van der Waals surface area contributed by atoms with E-state index < -0.39 is 37.3 Å². The Morgan fingerprint density at radius 1 is 1.33 bits per heavy atom. The number of nitrogens with zero attached hydrogens (tertiary/aromatic N) is 1. The van der Waals surface area contributed by atoms with Gasteiger partial charge in [-0.15, -0.1) is 0 Å². The Morgan fingerprint density at radius 3 is 2.52 bits per heavy atom. The molecule has 0 bridgehead atoms. The smallest absolute Gasteiger partial charge is 0.350 e. The molecule has 7 nitrogen and oxygen atoms in total. The third kappa shape index (κ3) is 3.91. The van der Waals surface area contributed by atoms with Crippen LogP contribution in [0, 0.1) is 5.82 Å². The van der Waals surface area contributed by atoms with E-state index in [0.717, 1.165) is 18.2 Å². The van der Waals surface area contributed by atoms with Gasteiger partial charge in [0.1, 0.15) is 5.82 Å². The molecule has 1 aliphatic heterocycles. The Labute approximate surface area is 121 Å². The van der Waals surface area contributed by atoms with Crippen LogP contribution < -0.4 is 4.72 Å². The van der Waals surface area contributed by atoms with Crippen LogP contribution in [0.2, 0.25) is 0 Å². The molecule has 0 spiro atoms. The van der Waals surface area contributed by atoms with Crippen LogP contribution in [0.4, 0.5) is 10.1 Å². The molecule has 0 saturated carbocycles. The number of carbonyl (C=O) groups is 1. The number of hydrogen-bond acceptors (Lipinski definition) is 4. The number of anilines is 1. The number of nitrogens with one attached hydrogen (secondary N) is 1. The molecule has 0 aliphatic carbocycles. The molecule has 0 unspecified atom stereocenters. The number of carboxylic acid groups (broad SMARTS) is 1. The van der Waals surface area contributed by atoms with E-state index in [2.05, 4.69) is 3.77 Å². The topological polar surface area (TPSA) is 113 Å². The molecule has 10 heteroatoms. The van der Waals surface area contributed by atoms with E-state index in [9.17, 15) is 21.8 Å². The van der Waals surface area contributed by atoms with Gasteiger partial charge in [0.05, 0.1) is 21.0 Å². The molecule has 0 amide bonds. The van der Waals surface area contributed by atoms with Crippen molar-refractivity contribution in [1.82, 2.24) is 0 Å². The maximum absolute atomic E-state index is 13.2. The maximum Gasteiger partial charge on any atom is 0.350 e. The molecule has 1 aliphatic rings. The summed E-state index contributed by atoms with van der Waals surface area (Å²) in [4.78, 5) is 10.8. The van der Waals surface area contributed by atoms with Crippen LogP contribution in [0.25, 0.3) is 0 Å². The van der Waals surface area contributed by atoms with E-state index in [1.54, 1.807) is 0 Å². The summed E-state index contributed by atoms with van der Waals surface area (Å²) < 4.78 is 54.3. The minimum absolute atomic E-state index is 0.154. The van der Waals surface area contributed by atoms with Gasteiger partial charge in [-0.1, -0.05) is 3.77 Å². The van der Waals surface area contributed by atoms with Crippen molar-refractivity contribution in [2.75, 3.05) is 16.2 Å². The third-order valence-corrected chi connectivity index (χ3v) is 7.07. The second kappa shape index (κ2) is 5.60. The summed E-state index contributed by atoms with van der Waals surface area (Å²) in [5.74, 6) is -2.06. The molecule has 1 aromatic rings. The van der Waals surface area contributed by atoms with Crippen molar-refractivity contribution in [2.45, 2.75) is 12.8 Å². The van der Waals surface area contributed by atoms with E-state index in [1.807, 2.05) is 4.72 Å². The number of rotatable bonds is 4. The van der Waals surface area contributed by atoms with Crippen molar-refractivity contribution in [2.24, 2.45) is 3.77 Å². The van der Waals surface area contributed by atoms with Crippen LogP contribution in [-0.2, 0) is 19.9 Å². The summed E-state index contributed by atoms with van der Waals surface area (Å²) in [6.07, 6.45) is 1.30. The SMILES string of the molecule is O=C(O)c1cc(NS(=O)(=O)N=S2(=O)CCCC2)ccc1F. The Kier molecular flexibility index (Phi) is 4.19. The van der Waals surface area contributed by atoms with Gasteiger partial charge < -0.3 is 5.11 Å². The van der Waals surface area contributed by atoms with Gasteiger partial charge in [-0.25, -0.2) is 13.4 Å². The summed E-state index contributed by atoms with van der Waals surface area (Å²) >= 11 is 0. The molecule has 1 fully saturated rings. The minimum atomic E-state index is -4.25. The lowest BCUT2D eigenvalue weighted by Crippen LogP contribution is -2.14. The average Bonchev–Trinajstić information content (AvgIpc) is 2.76. The maximum atomic E-state index is 13.2. The standard InChI is InChI=1S/C11H13FN2O5S2/c12-10-4-3-8(7-9(10)11(15)16)13-21(18,19)14-20(17)5-1-2-6-20/h3-4,7,13H,1-2,5-6H2,(H,15,16). The van der Waals surface area contributed by atoms with Crippen molar-refractivity contribution in [3.63, 3.8) is 0 Å². The van der Waals surface area contributed by atoms with Crippen LogP contribution in [0.3, 0.4) is 0 Å². The fourth-order valence-corrected chi connectivity index (χ4v) is 6.05. The molecule has 0 atom stereocenters. The van der Waals surface area contributed by atoms with Gasteiger partial charge in [0.2, 0.25) is 0 Å². The largest absolute Gasteiger partial charge is 0.478 e. The van der Waals surface area contributed by atoms with Crippen LogP contribution in [0.1, 0.15) is 23.2 Å². The fraction of sp³-hybridized carbons (Fsp3) is 0.364. The lowest BCUT2D eigenvalue weighted by atomic mass is 10.2. The van der Waals surface area contributed by atoms with Crippen molar-refractivity contribution < 1.29 is 26.9 Å². The summed E-state index contributed by atoms with van der Waals surface area (Å²) in [5.41, 5.74) is -0.821. The summed E-state index contributed by atoms with van der Waals surface area (Å²) in [6, 6.07) is 2.74. The average molecular weight is 336 g/mol. The Bertz CT molecular complexity index is 785. The van der Waals surface area contributed by atoms with Crippen molar-refractivity contribution in [3.05, 3.63) is 29.6 Å². The molecule has 116 valence electrons. The van der Waals surface area contributed by atoms with E-state index in [1.165, 1.54) is 0 Å². The second-order valence-corrected chi connectivity index (χ2v) is 8.65. The number of carboxylic acids is 1. The lowest BCUT2D eigenvalue weighted by Gasteiger charge is -2.07. The van der Waals surface area contributed by atoms with Gasteiger partial charge in [-0.2, -0.15) is 8.42 Å². The number of hydrogen-bond donors (Lipinski definition) is 2. The summed E-state index contributed by atoms with van der Waals surface area (Å²) in [7, 11) is -7.03. The minimum Gasteiger partial charge on any atom is -0.478 e. The van der Waals surface area contributed by atoms with Crippen molar-refractivity contribution in [3.8, 4) is 0 Å². The van der Waals surface area contributed by atoms with Crippen LogP contribution in [-0.4, -0.2) is 35.2 Å². The van der Waals surface area contributed by atoms with Gasteiger partial charge in [-0.05, 0) is 31.0 Å². The first-order valence-corrected chi connectivity index (χ1v) is 9.29. The van der Waals surface area contributed by atoms with Crippen molar-refractivity contribution >= 4 is 31.6 Å². The normalized spacial score (nSPS) is 17.4. The first-order chi connectivity index (χ1) is 9.71. The zero-order chi connectivity index (χ0) is 15.7. The van der Waals surface area contributed by atoms with Gasteiger partial charge in [0, 0.05) is 11.5 Å². The van der Waals surface area contributed by atoms with E-state index in [0.29, 0.717) is 12.8 Å². The fourth-order valence-electron chi connectivity index (χ4n) is 1.93. The highest BCUT2D eigenvalue weighted by Crippen LogP contribution is 2.19. The highest BCUT2D eigenvalue weighted by atomic mass is 32.3. The highest BCUT2D eigenvalue weighted by molar-refractivity contribution is 8.03. The van der Waals surface area contributed by atoms with Gasteiger partial charge in [-0.3, -0.25) is 4.72 Å². The summed E-state index contributed by atoms with van der Waals surface area (Å²) in [5, 5.41) is 8.77. The van der Waals surface area contributed by atoms with Crippen LogP contribution >= 0.6 is 0 Å². The number of benzene rings is 1. The quantitative estimate of drug-likeness (QED) is 0.864. The Morgan fingerprint density at radius 2 is 1.95 bits per heavy atom. The first kappa shape index (κ1) is 15.7. The predicted molar refractivity (Wildman–Crippen MR) is 75.4 cm³/mol. The van der Waals surface area contributed by atoms with Gasteiger partial charge in [0.15, 0.2) is 0 Å². The number of halogens is 1. The van der Waals surface area contributed by atoms with Crippen LogP contribution in [0.15, 0.2) is 22.0 Å².